The number of azo groups is 2. The van der Waals surface area contributed by atoms with Crippen LogP contribution in [-0.4, -0.2) is 90.5 Å². The number of nitrogens with zero attached hydrogens (tertiary/aromatic N) is 11. The number of hydrogen-bond acceptors (Lipinski definition) is 25. The molecule has 3 heterocycles. The summed E-state index contributed by atoms with van der Waals surface area (Å²) in [5, 5.41) is 57.7. The second-order valence-electron chi connectivity index (χ2n) is 17.6. The monoisotopic (exact) mass is 1270 g/mol. The Morgan fingerprint density at radius 3 is 1.65 bits per heavy atom. The lowest BCUT2D eigenvalue weighted by atomic mass is 10.0. The van der Waals surface area contributed by atoms with Gasteiger partial charge in [0.15, 0.2) is 16.6 Å². The standard InChI is InChI=1S/C50H38N14O15S6/c1-28-38(26-52)46(54-32-12-16-35(17-13-32)82(68,69)70)60-47(55-33-14-18-36(19-15-33)83(71,72)73)45(28)62-63-48-39(27-53)44(49(80-48)64-61-40-6-3-2-5-30(40)25-51)29-8-10-34(11-9-29)56-50-58-42(7-4-22-81(65,66)67)57-43(59-50)24-31-23-37(84(74,75)76)20-21-41(31)85(77,78)79/h2-3,5-6,8-21,23H,4,7,22,24H2,1H3,(H2,54,55,60)(H,65,66,67)(H,68,69,70)(H,71,72,73)(H,74,75,76)(H,77,78,79)(H,56,57,58,59). The number of nitrogens with one attached hydrogen (secondary N) is 3. The molecule has 0 aliphatic carbocycles. The maximum Gasteiger partial charge on any atom is 0.294 e. The highest BCUT2D eigenvalue weighted by molar-refractivity contribution is 7.87. The van der Waals surface area contributed by atoms with Crippen LogP contribution < -0.4 is 16.0 Å². The molecule has 29 nitrogen and oxygen atoms in total. The predicted octanol–water partition coefficient (Wildman–Crippen LogP) is 9.38. The van der Waals surface area contributed by atoms with E-state index in [-0.39, 0.29) is 114 Å². The van der Waals surface area contributed by atoms with Crippen molar-refractivity contribution in [2.75, 3.05) is 21.7 Å². The van der Waals surface area contributed by atoms with Crippen molar-refractivity contribution in [1.82, 2.24) is 19.9 Å². The van der Waals surface area contributed by atoms with Crippen LogP contribution in [0.3, 0.4) is 0 Å². The summed E-state index contributed by atoms with van der Waals surface area (Å²) in [4.78, 5) is 15.2. The molecule has 0 aliphatic heterocycles. The van der Waals surface area contributed by atoms with Gasteiger partial charge in [0.05, 0.1) is 36.5 Å². The minimum atomic E-state index is -4.99. The highest BCUT2D eigenvalue weighted by Crippen LogP contribution is 2.49. The van der Waals surface area contributed by atoms with E-state index in [2.05, 4.69) is 62.4 Å². The van der Waals surface area contributed by atoms with E-state index in [0.29, 0.717) is 5.56 Å². The van der Waals surface area contributed by atoms with Crippen molar-refractivity contribution in [3.05, 3.63) is 155 Å². The number of hydrogen-bond donors (Lipinski definition) is 8. The molecule has 434 valence electrons. The van der Waals surface area contributed by atoms with Crippen LogP contribution in [-0.2, 0) is 63.4 Å². The lowest BCUT2D eigenvalue weighted by Crippen LogP contribution is -2.12. The minimum Gasteiger partial charge on any atom is -0.339 e. The van der Waals surface area contributed by atoms with Crippen LogP contribution in [0, 0.1) is 40.9 Å². The summed E-state index contributed by atoms with van der Waals surface area (Å²) in [5.41, 5.74) is 0.965. The van der Waals surface area contributed by atoms with E-state index in [1.807, 2.05) is 12.1 Å². The van der Waals surface area contributed by atoms with Gasteiger partial charge in [-0.05, 0) is 115 Å². The fraction of sp³-hybridized carbons (Fsp3) is 0.100. The molecule has 0 spiro atoms. The molecule has 0 aliphatic rings. The van der Waals surface area contributed by atoms with E-state index in [9.17, 15) is 80.6 Å². The van der Waals surface area contributed by atoms with E-state index in [1.165, 1.54) is 67.6 Å². The zero-order valence-electron chi connectivity index (χ0n) is 43.0. The molecule has 8 rings (SSSR count). The summed E-state index contributed by atoms with van der Waals surface area (Å²) < 4.78 is 167. The van der Waals surface area contributed by atoms with Crippen LogP contribution >= 0.6 is 11.3 Å². The maximum absolute atomic E-state index is 12.3. The molecular weight excluding hydrogens is 1230 g/mol. The third-order valence-corrected chi connectivity index (χ3v) is 17.1. The molecule has 5 aromatic carbocycles. The van der Waals surface area contributed by atoms with Crippen LogP contribution in [0.1, 0.15) is 45.9 Å². The van der Waals surface area contributed by atoms with Crippen LogP contribution in [0.5, 0.6) is 0 Å². The number of aryl methyl sites for hydroxylation is 1. The Bertz CT molecular complexity index is 4760. The summed E-state index contributed by atoms with van der Waals surface area (Å²) in [5.74, 6) is -1.42. The molecule has 0 atom stereocenters. The zero-order chi connectivity index (χ0) is 61.6. The van der Waals surface area contributed by atoms with E-state index < -0.39 is 82.3 Å². The van der Waals surface area contributed by atoms with Gasteiger partial charge in [-0.3, -0.25) is 22.8 Å². The summed E-state index contributed by atoms with van der Waals surface area (Å²) in [6.45, 7) is 1.49. The lowest BCUT2D eigenvalue weighted by Gasteiger charge is -2.16. The summed E-state index contributed by atoms with van der Waals surface area (Å²) >= 11 is 0.836. The van der Waals surface area contributed by atoms with Crippen LogP contribution in [0.15, 0.2) is 155 Å². The molecule has 8 aromatic rings. The third-order valence-electron chi connectivity index (χ3n) is 11.8. The van der Waals surface area contributed by atoms with Gasteiger partial charge in [-0.25, -0.2) is 9.97 Å². The molecule has 0 radical (unpaired) electrons. The van der Waals surface area contributed by atoms with Crippen molar-refractivity contribution in [2.45, 2.75) is 45.8 Å². The van der Waals surface area contributed by atoms with Crippen LogP contribution in [0.25, 0.3) is 11.1 Å². The van der Waals surface area contributed by atoms with Gasteiger partial charge in [0.1, 0.15) is 51.8 Å². The summed E-state index contributed by atoms with van der Waals surface area (Å²) in [7, 11) is -23.5. The smallest absolute Gasteiger partial charge is 0.294 e. The number of nitriles is 3. The Morgan fingerprint density at radius 1 is 0.541 bits per heavy atom. The lowest BCUT2D eigenvalue weighted by molar-refractivity contribution is 0.477. The van der Waals surface area contributed by atoms with Crippen molar-refractivity contribution < 1.29 is 64.9 Å². The number of benzene rings is 5. The van der Waals surface area contributed by atoms with Gasteiger partial charge in [0, 0.05) is 41.0 Å². The average Bonchev–Trinajstić information content (AvgIpc) is 4.00. The van der Waals surface area contributed by atoms with Gasteiger partial charge in [0.2, 0.25) is 5.95 Å². The van der Waals surface area contributed by atoms with E-state index in [4.69, 9.17) is 0 Å². The van der Waals surface area contributed by atoms with Crippen molar-refractivity contribution in [2.24, 2.45) is 20.5 Å². The third kappa shape index (κ3) is 15.4. The Labute approximate surface area is 487 Å². The molecule has 0 bridgehead atoms. The molecule has 0 unspecified atom stereocenters. The quantitative estimate of drug-likeness (QED) is 0.0245. The Hall–Kier alpha value is -9.42. The van der Waals surface area contributed by atoms with E-state index >= 15 is 0 Å². The second-order valence-corrected chi connectivity index (χ2v) is 25.8. The first-order valence-corrected chi connectivity index (χ1v) is 31.9. The molecule has 0 saturated heterocycles. The van der Waals surface area contributed by atoms with Crippen molar-refractivity contribution in [1.29, 1.82) is 15.8 Å². The van der Waals surface area contributed by atoms with Crippen molar-refractivity contribution in [3.63, 3.8) is 0 Å². The molecule has 0 saturated carbocycles. The maximum atomic E-state index is 12.3. The molecule has 35 heteroatoms. The Balaban J connectivity index is 1.21. The van der Waals surface area contributed by atoms with E-state index in [0.717, 1.165) is 53.8 Å². The normalized spacial score (nSPS) is 12.2. The van der Waals surface area contributed by atoms with Gasteiger partial charge in [-0.1, -0.05) is 35.6 Å². The first-order valence-electron chi connectivity index (χ1n) is 23.7. The van der Waals surface area contributed by atoms with Gasteiger partial charge in [0.25, 0.3) is 50.6 Å². The fourth-order valence-corrected chi connectivity index (χ4v) is 11.5. The van der Waals surface area contributed by atoms with Crippen molar-refractivity contribution >= 4 is 118 Å². The highest BCUT2D eigenvalue weighted by atomic mass is 32.2. The van der Waals surface area contributed by atoms with E-state index in [1.54, 1.807) is 12.1 Å². The fourth-order valence-electron chi connectivity index (χ4n) is 7.85. The van der Waals surface area contributed by atoms with Crippen LogP contribution in [0.2, 0.25) is 0 Å². The number of thiophene rings is 1. The first-order chi connectivity index (χ1) is 40.0. The molecule has 85 heavy (non-hydrogen) atoms. The number of anilines is 6. The minimum absolute atomic E-state index is 0.0665. The summed E-state index contributed by atoms with van der Waals surface area (Å²) in [6, 6.07) is 30.4. The Kier molecular flexibility index (Phi) is 18.0. The average molecular weight is 1270 g/mol. The highest BCUT2D eigenvalue weighted by Gasteiger charge is 2.25. The van der Waals surface area contributed by atoms with Crippen molar-refractivity contribution in [3.8, 4) is 29.3 Å². The van der Waals surface area contributed by atoms with Crippen LogP contribution in [0.4, 0.5) is 56.0 Å². The zero-order valence-corrected chi connectivity index (χ0v) is 47.9. The van der Waals surface area contributed by atoms with Gasteiger partial charge < -0.3 is 16.0 Å². The first kappa shape index (κ1) is 61.6. The second kappa shape index (κ2) is 24.8. The van der Waals surface area contributed by atoms with Gasteiger partial charge >= 0.3 is 0 Å². The molecule has 8 N–H and O–H groups in total. The Morgan fingerprint density at radius 2 is 1.08 bits per heavy atom. The molecule has 0 fully saturated rings. The summed E-state index contributed by atoms with van der Waals surface area (Å²) in [6.07, 6.45) is -0.980. The SMILES string of the molecule is Cc1c(C#N)c(Nc2ccc(S(=O)(=O)O)cc2)nc(Nc2ccc(S(=O)(=O)O)cc2)c1N=Nc1sc(N=Nc2ccccc2C#N)c(-c2ccc(Nc3nc(CCCS(=O)(=O)O)nc(Cc4cc(S(=O)(=O)O)ccc4S(=O)(=O)O)n3)cc2)c1C#N. The number of aromatic nitrogens is 4. The number of pyridine rings is 1. The molecule has 0 amide bonds. The molecule has 3 aromatic heterocycles. The topological polar surface area (TPSA) is 480 Å². The predicted molar refractivity (Wildman–Crippen MR) is 303 cm³/mol. The van der Waals surface area contributed by atoms with Gasteiger partial charge in [-0.15, -0.1) is 20.5 Å². The largest absolute Gasteiger partial charge is 0.339 e. The number of rotatable bonds is 21. The molecular formula is C50H38N14O15S6. The van der Waals surface area contributed by atoms with Gasteiger partial charge in [-0.2, -0.15) is 67.8 Å².